The first-order valence-electron chi connectivity index (χ1n) is 7.31. The maximum Gasteiger partial charge on any atom is 0.226 e. The van der Waals surface area contributed by atoms with Gasteiger partial charge in [-0.2, -0.15) is 4.98 Å². The molecule has 0 aromatic carbocycles. The number of hydrogen-bond acceptors (Lipinski definition) is 4. The molecule has 2 unspecified atom stereocenters. The van der Waals surface area contributed by atoms with Crippen LogP contribution < -0.4 is 5.32 Å². The number of rotatable bonds is 6. The minimum Gasteiger partial charge on any atom is -0.339 e. The van der Waals surface area contributed by atoms with Crippen LogP contribution in [-0.2, 0) is 12.8 Å². The van der Waals surface area contributed by atoms with Crippen molar-refractivity contribution in [3.05, 3.63) is 11.7 Å². The number of nitrogens with zero attached hydrogens (tertiary/aromatic N) is 2. The molecule has 4 heteroatoms. The topological polar surface area (TPSA) is 51.0 Å². The fourth-order valence-electron chi connectivity index (χ4n) is 2.62. The van der Waals surface area contributed by atoms with Gasteiger partial charge in [-0.25, -0.2) is 0 Å². The van der Waals surface area contributed by atoms with E-state index in [1.807, 2.05) is 0 Å². The Kier molecular flexibility index (Phi) is 5.17. The van der Waals surface area contributed by atoms with Gasteiger partial charge < -0.3 is 9.84 Å². The molecule has 0 amide bonds. The van der Waals surface area contributed by atoms with Crippen molar-refractivity contribution in [3.63, 3.8) is 0 Å². The van der Waals surface area contributed by atoms with Gasteiger partial charge in [-0.1, -0.05) is 25.4 Å². The average molecular weight is 251 g/mol. The monoisotopic (exact) mass is 251 g/mol. The molecule has 18 heavy (non-hydrogen) atoms. The van der Waals surface area contributed by atoms with Crippen LogP contribution in [0.25, 0.3) is 0 Å². The van der Waals surface area contributed by atoms with E-state index in [0.29, 0.717) is 5.92 Å². The lowest BCUT2D eigenvalue weighted by Gasteiger charge is -2.27. The summed E-state index contributed by atoms with van der Waals surface area (Å²) in [5.41, 5.74) is 0. The SMILES string of the molecule is CCCCc1noc(CC(C)C2CCCNC2)n1. The molecule has 1 aliphatic heterocycles. The van der Waals surface area contributed by atoms with Crippen LogP contribution in [0.5, 0.6) is 0 Å². The Morgan fingerprint density at radius 1 is 1.50 bits per heavy atom. The molecule has 0 aliphatic carbocycles. The highest BCUT2D eigenvalue weighted by molar-refractivity contribution is 4.89. The van der Waals surface area contributed by atoms with Crippen molar-refractivity contribution in [2.75, 3.05) is 13.1 Å². The Bertz CT molecular complexity index is 345. The van der Waals surface area contributed by atoms with Gasteiger partial charge in [0.05, 0.1) is 0 Å². The maximum atomic E-state index is 5.34. The molecule has 1 aromatic rings. The summed E-state index contributed by atoms with van der Waals surface area (Å²) in [6.45, 7) is 6.79. The Hall–Kier alpha value is -0.900. The standard InChI is InChI=1S/C14H25N3O/c1-3-4-7-13-16-14(18-17-13)9-11(2)12-6-5-8-15-10-12/h11-12,15H,3-10H2,1-2H3. The first-order chi connectivity index (χ1) is 8.79. The van der Waals surface area contributed by atoms with Crippen LogP contribution in [0.3, 0.4) is 0 Å². The van der Waals surface area contributed by atoms with E-state index in [9.17, 15) is 0 Å². The first kappa shape index (κ1) is 13.5. The molecule has 0 saturated carbocycles. The lowest BCUT2D eigenvalue weighted by atomic mass is 9.85. The third-order valence-electron chi connectivity index (χ3n) is 3.90. The molecule has 4 nitrogen and oxygen atoms in total. The number of aryl methyl sites for hydroxylation is 1. The fraction of sp³-hybridized carbons (Fsp3) is 0.857. The van der Waals surface area contributed by atoms with E-state index in [-0.39, 0.29) is 0 Å². The van der Waals surface area contributed by atoms with Crippen molar-refractivity contribution >= 4 is 0 Å². The molecule has 1 fully saturated rings. The lowest BCUT2D eigenvalue weighted by Crippen LogP contribution is -2.33. The molecule has 102 valence electrons. The molecule has 1 N–H and O–H groups in total. The summed E-state index contributed by atoms with van der Waals surface area (Å²) in [5.74, 6) is 3.07. The van der Waals surface area contributed by atoms with Gasteiger partial charge in [-0.15, -0.1) is 0 Å². The molecule has 1 saturated heterocycles. The summed E-state index contributed by atoms with van der Waals surface area (Å²) in [6, 6.07) is 0. The van der Waals surface area contributed by atoms with E-state index >= 15 is 0 Å². The predicted molar refractivity (Wildman–Crippen MR) is 71.4 cm³/mol. The van der Waals surface area contributed by atoms with Gasteiger partial charge in [0.2, 0.25) is 5.89 Å². The Morgan fingerprint density at radius 3 is 3.11 bits per heavy atom. The molecule has 2 heterocycles. The number of hydrogen-bond donors (Lipinski definition) is 1. The third-order valence-corrected chi connectivity index (χ3v) is 3.90. The van der Waals surface area contributed by atoms with Crippen LogP contribution in [0, 0.1) is 11.8 Å². The molecule has 1 aliphatic rings. The molecule has 2 rings (SSSR count). The van der Waals surface area contributed by atoms with Gasteiger partial charge in [0.1, 0.15) is 0 Å². The number of unbranched alkanes of at least 4 members (excludes halogenated alkanes) is 1. The van der Waals surface area contributed by atoms with Gasteiger partial charge in [-0.3, -0.25) is 0 Å². The van der Waals surface area contributed by atoms with Crippen LogP contribution in [0.1, 0.15) is 51.2 Å². The number of nitrogens with one attached hydrogen (secondary N) is 1. The Labute approximate surface area is 110 Å². The highest BCUT2D eigenvalue weighted by Crippen LogP contribution is 2.22. The number of aromatic nitrogens is 2. The smallest absolute Gasteiger partial charge is 0.226 e. The largest absolute Gasteiger partial charge is 0.339 e. The fourth-order valence-corrected chi connectivity index (χ4v) is 2.62. The molecule has 2 atom stereocenters. The van der Waals surface area contributed by atoms with Crippen LogP contribution in [0.4, 0.5) is 0 Å². The molecule has 0 bridgehead atoms. The summed E-state index contributed by atoms with van der Waals surface area (Å²) in [6.07, 6.45) is 6.80. The van der Waals surface area contributed by atoms with E-state index in [0.717, 1.165) is 43.4 Å². The van der Waals surface area contributed by atoms with Crippen molar-refractivity contribution in [1.82, 2.24) is 15.5 Å². The van der Waals surface area contributed by atoms with Crippen molar-refractivity contribution in [3.8, 4) is 0 Å². The zero-order chi connectivity index (χ0) is 12.8. The molecule has 1 aromatic heterocycles. The quantitative estimate of drug-likeness (QED) is 0.844. The van der Waals surface area contributed by atoms with E-state index < -0.39 is 0 Å². The summed E-state index contributed by atoms with van der Waals surface area (Å²) >= 11 is 0. The zero-order valence-electron chi connectivity index (χ0n) is 11.6. The normalized spacial score (nSPS) is 22.0. The molecule has 0 spiro atoms. The summed E-state index contributed by atoms with van der Waals surface area (Å²) in [4.78, 5) is 4.48. The maximum absolute atomic E-state index is 5.34. The van der Waals surface area contributed by atoms with Crippen molar-refractivity contribution in [2.45, 2.75) is 52.4 Å². The van der Waals surface area contributed by atoms with Crippen molar-refractivity contribution < 1.29 is 4.52 Å². The number of piperidine rings is 1. The molecule has 0 radical (unpaired) electrons. The van der Waals surface area contributed by atoms with Gasteiger partial charge in [0.25, 0.3) is 0 Å². The molecular weight excluding hydrogens is 226 g/mol. The van der Waals surface area contributed by atoms with Gasteiger partial charge in [0.15, 0.2) is 5.82 Å². The van der Waals surface area contributed by atoms with Crippen LogP contribution >= 0.6 is 0 Å². The summed E-state index contributed by atoms with van der Waals surface area (Å²) < 4.78 is 5.34. The third kappa shape index (κ3) is 3.80. The van der Waals surface area contributed by atoms with Gasteiger partial charge >= 0.3 is 0 Å². The van der Waals surface area contributed by atoms with Crippen LogP contribution in [-0.4, -0.2) is 23.2 Å². The minimum atomic E-state index is 0.622. The predicted octanol–water partition coefficient (Wildman–Crippen LogP) is 2.59. The second kappa shape index (κ2) is 6.88. The van der Waals surface area contributed by atoms with E-state index in [2.05, 4.69) is 29.3 Å². The van der Waals surface area contributed by atoms with Crippen LogP contribution in [0.15, 0.2) is 4.52 Å². The second-order valence-corrected chi connectivity index (χ2v) is 5.50. The second-order valence-electron chi connectivity index (χ2n) is 5.50. The van der Waals surface area contributed by atoms with Crippen molar-refractivity contribution in [2.24, 2.45) is 11.8 Å². The summed E-state index contributed by atoms with van der Waals surface area (Å²) in [7, 11) is 0. The molecular formula is C14H25N3O. The average Bonchev–Trinajstić information content (AvgIpc) is 2.85. The highest BCUT2D eigenvalue weighted by Gasteiger charge is 2.22. The van der Waals surface area contributed by atoms with E-state index in [1.165, 1.54) is 25.8 Å². The first-order valence-corrected chi connectivity index (χ1v) is 7.31. The van der Waals surface area contributed by atoms with E-state index in [1.54, 1.807) is 0 Å². The van der Waals surface area contributed by atoms with Gasteiger partial charge in [-0.05, 0) is 44.2 Å². The lowest BCUT2D eigenvalue weighted by molar-refractivity contribution is 0.256. The van der Waals surface area contributed by atoms with Crippen molar-refractivity contribution in [1.29, 1.82) is 0 Å². The Morgan fingerprint density at radius 2 is 2.39 bits per heavy atom. The highest BCUT2D eigenvalue weighted by atomic mass is 16.5. The van der Waals surface area contributed by atoms with E-state index in [4.69, 9.17) is 4.52 Å². The van der Waals surface area contributed by atoms with Crippen LogP contribution in [0.2, 0.25) is 0 Å². The zero-order valence-corrected chi connectivity index (χ0v) is 11.6. The summed E-state index contributed by atoms with van der Waals surface area (Å²) in [5, 5.41) is 7.52. The Balaban J connectivity index is 1.82. The minimum absolute atomic E-state index is 0.622. The van der Waals surface area contributed by atoms with Gasteiger partial charge in [0, 0.05) is 12.8 Å².